The van der Waals surface area contributed by atoms with Crippen molar-refractivity contribution in [1.82, 2.24) is 10.3 Å². The van der Waals surface area contributed by atoms with Gasteiger partial charge in [-0.05, 0) is 25.1 Å². The van der Waals surface area contributed by atoms with Gasteiger partial charge in [0.2, 0.25) is 0 Å². The number of benzene rings is 1. The van der Waals surface area contributed by atoms with E-state index in [2.05, 4.69) is 39.9 Å². The van der Waals surface area contributed by atoms with Gasteiger partial charge in [0.15, 0.2) is 0 Å². The van der Waals surface area contributed by atoms with E-state index in [1.54, 1.807) is 0 Å². The number of carboxylic acids is 2. The van der Waals surface area contributed by atoms with E-state index in [1.165, 1.54) is 22.9 Å². The summed E-state index contributed by atoms with van der Waals surface area (Å²) in [5.41, 5.74) is 1.22. The number of carboxylic acid groups (broad SMARTS) is 2. The number of anilines is 1. The van der Waals surface area contributed by atoms with E-state index in [0.717, 1.165) is 13.1 Å². The summed E-state index contributed by atoms with van der Waals surface area (Å²) in [7, 11) is 0. The third kappa shape index (κ3) is 5.36. The van der Waals surface area contributed by atoms with Crippen LogP contribution >= 0.6 is 0 Å². The molecule has 1 unspecified atom stereocenters. The van der Waals surface area contributed by atoms with Gasteiger partial charge in [0.25, 0.3) is 0 Å². The van der Waals surface area contributed by atoms with Crippen molar-refractivity contribution in [2.75, 3.05) is 18.4 Å². The van der Waals surface area contributed by atoms with Crippen molar-refractivity contribution in [3.8, 4) is 0 Å². The molecule has 24 heavy (non-hydrogen) atoms. The molecule has 0 amide bonds. The Hall–Kier alpha value is -2.93. The minimum absolute atomic E-state index is 0.554. The molecule has 2 aromatic rings. The molecule has 1 saturated heterocycles. The second kappa shape index (κ2) is 8.64. The van der Waals surface area contributed by atoms with E-state index >= 15 is 0 Å². The summed E-state index contributed by atoms with van der Waals surface area (Å²) in [5.74, 6) is -2.51. The molecule has 4 N–H and O–H groups in total. The molecule has 0 bridgehead atoms. The Labute approximate surface area is 139 Å². The first-order valence-electron chi connectivity index (χ1n) is 7.50. The highest BCUT2D eigenvalue weighted by Crippen LogP contribution is 2.23. The van der Waals surface area contributed by atoms with Crippen LogP contribution in [0.3, 0.4) is 0 Å². The zero-order valence-electron chi connectivity index (χ0n) is 13.0. The largest absolute Gasteiger partial charge is 0.478 e. The highest BCUT2D eigenvalue weighted by Gasteiger charge is 2.14. The molecule has 1 aromatic carbocycles. The molecule has 1 aliphatic rings. The van der Waals surface area contributed by atoms with Crippen LogP contribution in [0.15, 0.2) is 48.8 Å². The number of fused-ring (bicyclic) bond motifs is 1. The van der Waals surface area contributed by atoms with Gasteiger partial charge in [-0.3, -0.25) is 4.98 Å². The summed E-state index contributed by atoms with van der Waals surface area (Å²) in [6.07, 6.45) is 6.07. The van der Waals surface area contributed by atoms with Crippen molar-refractivity contribution in [1.29, 1.82) is 0 Å². The van der Waals surface area contributed by atoms with Crippen LogP contribution in [0.4, 0.5) is 5.69 Å². The summed E-state index contributed by atoms with van der Waals surface area (Å²) in [6.45, 7) is 2.17. The molecule has 0 spiro atoms. The number of aliphatic carboxylic acids is 2. The number of nitrogens with zero attached hydrogens (tertiary/aromatic N) is 1. The minimum Gasteiger partial charge on any atom is -0.478 e. The SMILES string of the molecule is O=C(O)/C=C/C(=O)O.c1cc(NC2CCNC2)c2ccncc2c1. The third-order valence-corrected chi connectivity index (χ3v) is 3.47. The van der Waals surface area contributed by atoms with E-state index in [1.807, 2.05) is 12.4 Å². The molecule has 7 heteroatoms. The average molecular weight is 329 g/mol. The Morgan fingerprint density at radius 3 is 2.58 bits per heavy atom. The first-order valence-corrected chi connectivity index (χ1v) is 7.50. The predicted molar refractivity (Wildman–Crippen MR) is 91.1 cm³/mol. The van der Waals surface area contributed by atoms with Crippen molar-refractivity contribution < 1.29 is 19.8 Å². The van der Waals surface area contributed by atoms with Crippen molar-refractivity contribution in [3.63, 3.8) is 0 Å². The lowest BCUT2D eigenvalue weighted by molar-refractivity contribution is -0.134. The van der Waals surface area contributed by atoms with Crippen LogP contribution in [0.2, 0.25) is 0 Å². The van der Waals surface area contributed by atoms with Crippen LogP contribution in [0.5, 0.6) is 0 Å². The topological polar surface area (TPSA) is 112 Å². The lowest BCUT2D eigenvalue weighted by atomic mass is 10.1. The van der Waals surface area contributed by atoms with Gasteiger partial charge in [0.1, 0.15) is 0 Å². The van der Waals surface area contributed by atoms with Crippen LogP contribution in [0.25, 0.3) is 10.8 Å². The lowest BCUT2D eigenvalue weighted by Crippen LogP contribution is -2.22. The summed E-state index contributed by atoms with van der Waals surface area (Å²) in [6, 6.07) is 8.94. The molecule has 1 fully saturated rings. The number of carbonyl (C=O) groups is 2. The minimum atomic E-state index is -1.26. The smallest absolute Gasteiger partial charge is 0.328 e. The molecule has 0 saturated carbocycles. The van der Waals surface area contributed by atoms with Crippen LogP contribution in [-0.2, 0) is 9.59 Å². The van der Waals surface area contributed by atoms with Crippen molar-refractivity contribution in [3.05, 3.63) is 48.8 Å². The molecule has 7 nitrogen and oxygen atoms in total. The zero-order valence-corrected chi connectivity index (χ0v) is 13.0. The van der Waals surface area contributed by atoms with Gasteiger partial charge in [0.05, 0.1) is 0 Å². The monoisotopic (exact) mass is 329 g/mol. The Balaban J connectivity index is 0.000000224. The number of nitrogens with one attached hydrogen (secondary N) is 2. The molecule has 3 rings (SSSR count). The average Bonchev–Trinajstić information content (AvgIpc) is 3.07. The molecule has 1 aliphatic heterocycles. The van der Waals surface area contributed by atoms with Gasteiger partial charge in [-0.1, -0.05) is 12.1 Å². The first kappa shape index (κ1) is 17.4. The van der Waals surface area contributed by atoms with E-state index < -0.39 is 11.9 Å². The highest BCUT2D eigenvalue weighted by molar-refractivity contribution is 5.93. The van der Waals surface area contributed by atoms with Gasteiger partial charge in [-0.2, -0.15) is 0 Å². The summed E-state index contributed by atoms with van der Waals surface area (Å²) in [5, 5.41) is 25.0. The van der Waals surface area contributed by atoms with Crippen LogP contribution in [0.1, 0.15) is 6.42 Å². The normalized spacial score (nSPS) is 16.6. The Morgan fingerprint density at radius 1 is 1.21 bits per heavy atom. The molecule has 1 atom stereocenters. The quantitative estimate of drug-likeness (QED) is 0.632. The third-order valence-electron chi connectivity index (χ3n) is 3.47. The standard InChI is InChI=1S/C13H15N3.C4H4O4/c1-2-10-8-14-7-5-12(10)13(3-1)16-11-4-6-15-9-11;5-3(6)1-2-4(7)8/h1-3,5,7-8,11,15-16H,4,6,9H2;1-2H,(H,5,6)(H,7,8)/b;2-1+. The Bertz CT molecular complexity index is 718. The molecule has 0 radical (unpaired) electrons. The summed E-state index contributed by atoms with van der Waals surface area (Å²) < 4.78 is 0. The summed E-state index contributed by atoms with van der Waals surface area (Å²) >= 11 is 0. The molecule has 1 aromatic heterocycles. The van der Waals surface area contributed by atoms with Crippen molar-refractivity contribution >= 4 is 28.4 Å². The second-order valence-electron chi connectivity index (χ2n) is 5.25. The zero-order chi connectivity index (χ0) is 17.4. The fraction of sp³-hybridized carbons (Fsp3) is 0.235. The number of hydrogen-bond donors (Lipinski definition) is 4. The van der Waals surface area contributed by atoms with Crippen molar-refractivity contribution in [2.45, 2.75) is 12.5 Å². The van der Waals surface area contributed by atoms with E-state index in [-0.39, 0.29) is 0 Å². The van der Waals surface area contributed by atoms with Crippen LogP contribution in [-0.4, -0.2) is 46.3 Å². The van der Waals surface area contributed by atoms with Crippen LogP contribution < -0.4 is 10.6 Å². The number of aromatic nitrogens is 1. The Morgan fingerprint density at radius 2 is 1.96 bits per heavy atom. The van der Waals surface area contributed by atoms with E-state index in [4.69, 9.17) is 10.2 Å². The highest BCUT2D eigenvalue weighted by atomic mass is 16.4. The predicted octanol–water partition coefficient (Wildman–Crippen LogP) is 1.72. The van der Waals surface area contributed by atoms with Gasteiger partial charge >= 0.3 is 11.9 Å². The van der Waals surface area contributed by atoms with Gasteiger partial charge < -0.3 is 20.8 Å². The molecular formula is C17H19N3O4. The first-order chi connectivity index (χ1) is 11.6. The van der Waals surface area contributed by atoms with Gasteiger partial charge in [-0.25, -0.2) is 9.59 Å². The fourth-order valence-electron chi connectivity index (χ4n) is 2.39. The Kier molecular flexibility index (Phi) is 6.27. The van der Waals surface area contributed by atoms with E-state index in [0.29, 0.717) is 18.2 Å². The molecule has 2 heterocycles. The van der Waals surface area contributed by atoms with E-state index in [9.17, 15) is 9.59 Å². The number of rotatable bonds is 4. The number of pyridine rings is 1. The van der Waals surface area contributed by atoms with Crippen molar-refractivity contribution in [2.24, 2.45) is 0 Å². The number of hydrogen-bond acceptors (Lipinski definition) is 5. The second-order valence-corrected chi connectivity index (χ2v) is 5.25. The van der Waals surface area contributed by atoms with Gasteiger partial charge in [0, 0.05) is 53.6 Å². The maximum Gasteiger partial charge on any atom is 0.328 e. The maximum atomic E-state index is 9.55. The maximum absolute atomic E-state index is 9.55. The fourth-order valence-corrected chi connectivity index (χ4v) is 2.39. The molecule has 0 aliphatic carbocycles. The van der Waals surface area contributed by atoms with Crippen LogP contribution in [0, 0.1) is 0 Å². The lowest BCUT2D eigenvalue weighted by Gasteiger charge is -2.14. The molecular weight excluding hydrogens is 310 g/mol. The summed E-state index contributed by atoms with van der Waals surface area (Å²) in [4.78, 5) is 23.3. The van der Waals surface area contributed by atoms with Gasteiger partial charge in [-0.15, -0.1) is 0 Å². The molecule has 126 valence electrons.